The minimum Gasteiger partial charge on any atom is -0.468 e. The first-order valence-corrected chi connectivity index (χ1v) is 7.29. The molecule has 1 aromatic rings. The van der Waals surface area contributed by atoms with Crippen LogP contribution in [-0.4, -0.2) is 35.0 Å². The van der Waals surface area contributed by atoms with Crippen molar-refractivity contribution in [1.29, 1.82) is 0 Å². The van der Waals surface area contributed by atoms with E-state index in [1.807, 2.05) is 23.9 Å². The Bertz CT molecular complexity index is 341. The van der Waals surface area contributed by atoms with Gasteiger partial charge in [-0.25, -0.2) is 0 Å². The minimum atomic E-state index is 0.121. The third kappa shape index (κ3) is 2.54. The molecule has 0 radical (unpaired) electrons. The first-order valence-electron chi connectivity index (χ1n) is 6.24. The van der Waals surface area contributed by atoms with E-state index in [2.05, 4.69) is 18.9 Å². The van der Waals surface area contributed by atoms with Gasteiger partial charge in [0.1, 0.15) is 5.76 Å². The highest BCUT2D eigenvalue weighted by molar-refractivity contribution is 8.00. The monoisotopic (exact) mass is 254 g/mol. The van der Waals surface area contributed by atoms with Crippen LogP contribution in [0.5, 0.6) is 0 Å². The number of furan rings is 1. The first kappa shape index (κ1) is 13.0. The number of nitrogens with two attached hydrogens (primary N) is 1. The molecule has 1 saturated heterocycles. The highest BCUT2D eigenvalue weighted by atomic mass is 32.2. The van der Waals surface area contributed by atoms with Gasteiger partial charge in [0, 0.05) is 17.3 Å². The topological polar surface area (TPSA) is 42.4 Å². The van der Waals surface area contributed by atoms with E-state index in [1.165, 1.54) is 18.6 Å². The maximum atomic E-state index is 6.07. The van der Waals surface area contributed by atoms with Crippen LogP contribution in [0.25, 0.3) is 0 Å². The summed E-state index contributed by atoms with van der Waals surface area (Å²) in [7, 11) is 2.16. The van der Waals surface area contributed by atoms with Crippen LogP contribution < -0.4 is 5.73 Å². The Morgan fingerprint density at radius 3 is 3.06 bits per heavy atom. The van der Waals surface area contributed by atoms with Gasteiger partial charge < -0.3 is 10.2 Å². The Hall–Kier alpha value is -0.450. The maximum absolute atomic E-state index is 6.07. The molecule has 0 spiro atoms. The summed E-state index contributed by atoms with van der Waals surface area (Å²) >= 11 is 2.04. The van der Waals surface area contributed by atoms with Crippen molar-refractivity contribution in [1.82, 2.24) is 4.90 Å². The summed E-state index contributed by atoms with van der Waals surface area (Å²) < 4.78 is 5.43. The number of rotatable bonds is 4. The van der Waals surface area contributed by atoms with Crippen LogP contribution in [0.1, 0.15) is 25.5 Å². The molecule has 3 nitrogen and oxygen atoms in total. The van der Waals surface area contributed by atoms with Gasteiger partial charge in [0.25, 0.3) is 0 Å². The van der Waals surface area contributed by atoms with E-state index in [4.69, 9.17) is 10.2 Å². The summed E-state index contributed by atoms with van der Waals surface area (Å²) in [6.45, 7) is 3.86. The molecule has 17 heavy (non-hydrogen) atoms. The lowest BCUT2D eigenvalue weighted by molar-refractivity contribution is 0.0962. The lowest BCUT2D eigenvalue weighted by Gasteiger charge is -2.47. The summed E-state index contributed by atoms with van der Waals surface area (Å²) in [6.07, 6.45) is 4.18. The van der Waals surface area contributed by atoms with Crippen LogP contribution >= 0.6 is 11.8 Å². The second-order valence-electron chi connectivity index (χ2n) is 4.86. The van der Waals surface area contributed by atoms with Crippen LogP contribution in [0, 0.1) is 0 Å². The average molecular weight is 254 g/mol. The second-order valence-corrected chi connectivity index (χ2v) is 6.31. The number of nitrogens with zero attached hydrogens (tertiary/aromatic N) is 1. The number of likely N-dealkylation sites (N-methyl/N-ethyl adjacent to an activating group) is 1. The highest BCUT2D eigenvalue weighted by Crippen LogP contribution is 2.37. The SMILES string of the molecule is CC1SCCCC1(CN)N(C)Cc1ccco1. The average Bonchev–Trinajstić information content (AvgIpc) is 2.82. The Kier molecular flexibility index (Phi) is 4.17. The number of hydrogen-bond donors (Lipinski definition) is 1. The number of hydrogen-bond acceptors (Lipinski definition) is 4. The minimum absolute atomic E-state index is 0.121. The molecule has 1 aliphatic heterocycles. The van der Waals surface area contributed by atoms with Gasteiger partial charge in [-0.05, 0) is 37.8 Å². The third-order valence-electron chi connectivity index (χ3n) is 3.97. The van der Waals surface area contributed by atoms with Gasteiger partial charge in [0.15, 0.2) is 0 Å². The summed E-state index contributed by atoms with van der Waals surface area (Å²) in [5, 5.41) is 0.584. The molecule has 0 bridgehead atoms. The quantitative estimate of drug-likeness (QED) is 0.895. The van der Waals surface area contributed by atoms with Crippen molar-refractivity contribution in [3.8, 4) is 0 Å². The molecule has 4 heteroatoms. The van der Waals surface area contributed by atoms with Crippen molar-refractivity contribution in [2.45, 2.75) is 37.1 Å². The Morgan fingerprint density at radius 1 is 1.65 bits per heavy atom. The zero-order chi connectivity index (χ0) is 12.3. The molecule has 2 atom stereocenters. The van der Waals surface area contributed by atoms with Gasteiger partial charge in [0.05, 0.1) is 12.8 Å². The molecule has 0 aromatic carbocycles. The molecular formula is C13H22N2OS. The lowest BCUT2D eigenvalue weighted by Crippen LogP contribution is -2.59. The van der Waals surface area contributed by atoms with E-state index in [1.54, 1.807) is 6.26 Å². The van der Waals surface area contributed by atoms with Crippen LogP contribution in [0.15, 0.2) is 22.8 Å². The predicted octanol–water partition coefficient (Wildman–Crippen LogP) is 2.32. The normalized spacial score (nSPS) is 29.8. The molecule has 0 saturated carbocycles. The van der Waals surface area contributed by atoms with Crippen LogP contribution in [0.3, 0.4) is 0 Å². The third-order valence-corrected chi connectivity index (χ3v) is 5.43. The molecule has 0 amide bonds. The highest BCUT2D eigenvalue weighted by Gasteiger charge is 2.41. The van der Waals surface area contributed by atoms with Gasteiger partial charge in [-0.3, -0.25) is 4.90 Å². The van der Waals surface area contributed by atoms with Gasteiger partial charge in [-0.1, -0.05) is 6.92 Å². The van der Waals surface area contributed by atoms with Crippen molar-refractivity contribution >= 4 is 11.8 Å². The molecule has 1 aliphatic rings. The van der Waals surface area contributed by atoms with Gasteiger partial charge in [-0.2, -0.15) is 11.8 Å². The van der Waals surface area contributed by atoms with Crippen molar-refractivity contribution in [2.75, 3.05) is 19.3 Å². The fraction of sp³-hybridized carbons (Fsp3) is 0.692. The molecule has 2 unspecified atom stereocenters. The molecule has 1 aromatic heterocycles. The van der Waals surface area contributed by atoms with Crippen molar-refractivity contribution in [3.05, 3.63) is 24.2 Å². The van der Waals surface area contributed by atoms with E-state index >= 15 is 0 Å². The molecule has 0 aliphatic carbocycles. The zero-order valence-electron chi connectivity index (χ0n) is 10.7. The number of thioether (sulfide) groups is 1. The van der Waals surface area contributed by atoms with Gasteiger partial charge in [0.2, 0.25) is 0 Å². The van der Waals surface area contributed by atoms with Crippen molar-refractivity contribution in [3.63, 3.8) is 0 Å². The van der Waals surface area contributed by atoms with E-state index in [0.29, 0.717) is 5.25 Å². The largest absolute Gasteiger partial charge is 0.468 e. The van der Waals surface area contributed by atoms with E-state index < -0.39 is 0 Å². The zero-order valence-corrected chi connectivity index (χ0v) is 11.5. The smallest absolute Gasteiger partial charge is 0.117 e. The summed E-state index contributed by atoms with van der Waals surface area (Å²) in [5.74, 6) is 2.28. The summed E-state index contributed by atoms with van der Waals surface area (Å²) in [5.41, 5.74) is 6.19. The summed E-state index contributed by atoms with van der Waals surface area (Å²) in [6, 6.07) is 3.97. The van der Waals surface area contributed by atoms with Gasteiger partial charge in [-0.15, -0.1) is 0 Å². The van der Waals surface area contributed by atoms with Crippen molar-refractivity contribution < 1.29 is 4.42 Å². The standard InChI is InChI=1S/C13H22N2OS/c1-11-13(10-14,6-4-8-17-11)15(2)9-12-5-3-7-16-12/h3,5,7,11H,4,6,8-10,14H2,1-2H3. The molecule has 2 heterocycles. The molecule has 96 valence electrons. The fourth-order valence-corrected chi connectivity index (χ4v) is 4.08. The van der Waals surface area contributed by atoms with Crippen LogP contribution in [-0.2, 0) is 6.54 Å². The van der Waals surface area contributed by atoms with E-state index in [9.17, 15) is 0 Å². The van der Waals surface area contributed by atoms with Crippen LogP contribution in [0.2, 0.25) is 0 Å². The van der Waals surface area contributed by atoms with Crippen LogP contribution in [0.4, 0.5) is 0 Å². The Labute approximate surface area is 108 Å². The molecule has 2 rings (SSSR count). The summed E-state index contributed by atoms with van der Waals surface area (Å²) in [4.78, 5) is 2.38. The Balaban J connectivity index is 2.10. The lowest BCUT2D eigenvalue weighted by atomic mass is 9.87. The van der Waals surface area contributed by atoms with Gasteiger partial charge >= 0.3 is 0 Å². The molecular weight excluding hydrogens is 232 g/mol. The van der Waals surface area contributed by atoms with E-state index in [0.717, 1.165) is 18.8 Å². The predicted molar refractivity (Wildman–Crippen MR) is 73.1 cm³/mol. The fourth-order valence-electron chi connectivity index (χ4n) is 2.72. The molecule has 1 fully saturated rings. The van der Waals surface area contributed by atoms with Crippen molar-refractivity contribution in [2.24, 2.45) is 5.73 Å². The maximum Gasteiger partial charge on any atom is 0.117 e. The second kappa shape index (κ2) is 5.46. The first-order chi connectivity index (χ1) is 8.19. The molecule has 2 N–H and O–H groups in total. The Morgan fingerprint density at radius 2 is 2.47 bits per heavy atom. The van der Waals surface area contributed by atoms with E-state index in [-0.39, 0.29) is 5.54 Å².